The Hall–Kier alpha value is -3.35. The molecule has 0 aliphatic heterocycles. The van der Waals surface area contributed by atoms with E-state index in [1.54, 1.807) is 48.5 Å². The lowest BCUT2D eigenvalue weighted by Crippen LogP contribution is -2.39. The van der Waals surface area contributed by atoms with E-state index < -0.39 is 0 Å². The van der Waals surface area contributed by atoms with Gasteiger partial charge in [-0.15, -0.1) is 0 Å². The number of hydrogen-bond donors (Lipinski definition) is 4. The zero-order valence-corrected chi connectivity index (χ0v) is 16.6. The zero-order chi connectivity index (χ0) is 20.8. The maximum Gasteiger partial charge on any atom is 0.315 e. The van der Waals surface area contributed by atoms with Crippen LogP contribution in [0.4, 0.5) is 10.5 Å². The summed E-state index contributed by atoms with van der Waals surface area (Å²) in [5, 5.41) is 11.3. The highest BCUT2D eigenvalue weighted by atomic mass is 16.2. The molecule has 1 saturated carbocycles. The smallest absolute Gasteiger partial charge is 0.315 e. The van der Waals surface area contributed by atoms with Gasteiger partial charge in [0.15, 0.2) is 0 Å². The number of benzene rings is 2. The molecule has 4 N–H and O–H groups in total. The molecule has 4 amide bonds. The van der Waals surface area contributed by atoms with Crippen molar-refractivity contribution in [1.82, 2.24) is 16.0 Å². The third-order valence-electron chi connectivity index (χ3n) is 4.41. The van der Waals surface area contributed by atoms with Crippen molar-refractivity contribution >= 4 is 23.5 Å². The van der Waals surface area contributed by atoms with E-state index in [0.717, 1.165) is 18.4 Å². The highest BCUT2D eigenvalue weighted by molar-refractivity contribution is 6.04. The Morgan fingerprint density at radius 2 is 1.48 bits per heavy atom. The molecule has 29 heavy (non-hydrogen) atoms. The minimum absolute atomic E-state index is 0.0720. The molecule has 2 aromatic carbocycles. The summed E-state index contributed by atoms with van der Waals surface area (Å²) in [4.78, 5) is 36.0. The Morgan fingerprint density at radius 1 is 0.897 bits per heavy atom. The van der Waals surface area contributed by atoms with Crippen LogP contribution in [0.25, 0.3) is 0 Å². The molecule has 0 atom stereocenters. The van der Waals surface area contributed by atoms with Crippen LogP contribution in [0.1, 0.15) is 53.0 Å². The molecule has 0 radical (unpaired) electrons. The van der Waals surface area contributed by atoms with Crippen molar-refractivity contribution < 1.29 is 14.4 Å². The molecule has 0 bridgehead atoms. The molecule has 0 saturated heterocycles. The summed E-state index contributed by atoms with van der Waals surface area (Å²) in [5.74, 6) is -0.325. The maximum absolute atomic E-state index is 12.4. The van der Waals surface area contributed by atoms with Crippen molar-refractivity contribution in [3.05, 3.63) is 65.2 Å². The van der Waals surface area contributed by atoms with Crippen molar-refractivity contribution in [2.24, 2.45) is 0 Å². The van der Waals surface area contributed by atoms with Gasteiger partial charge in [0.2, 0.25) is 0 Å². The molecule has 152 valence electrons. The van der Waals surface area contributed by atoms with Crippen molar-refractivity contribution in [1.29, 1.82) is 0 Å². The van der Waals surface area contributed by atoms with Crippen molar-refractivity contribution in [3.8, 4) is 0 Å². The summed E-state index contributed by atoms with van der Waals surface area (Å²) in [6.45, 7) is 4.16. The quantitative estimate of drug-likeness (QED) is 0.581. The first-order chi connectivity index (χ1) is 13.9. The number of amides is 4. The number of carbonyl (C=O) groups is 3. The molecule has 1 fully saturated rings. The molecule has 0 aromatic heterocycles. The summed E-state index contributed by atoms with van der Waals surface area (Å²) in [5.41, 5.74) is 2.60. The predicted molar refractivity (Wildman–Crippen MR) is 112 cm³/mol. The van der Waals surface area contributed by atoms with Gasteiger partial charge in [-0.25, -0.2) is 4.79 Å². The summed E-state index contributed by atoms with van der Waals surface area (Å²) >= 11 is 0. The Morgan fingerprint density at radius 3 is 2.07 bits per heavy atom. The second-order valence-corrected chi connectivity index (χ2v) is 7.46. The third-order valence-corrected chi connectivity index (χ3v) is 4.41. The molecule has 0 unspecified atom stereocenters. The molecule has 7 nitrogen and oxygen atoms in total. The van der Waals surface area contributed by atoms with Crippen LogP contribution in [-0.4, -0.2) is 29.9 Å². The van der Waals surface area contributed by atoms with Crippen molar-refractivity contribution in [2.75, 3.05) is 5.32 Å². The lowest BCUT2D eigenvalue weighted by atomic mass is 10.1. The minimum atomic E-state index is -0.239. The van der Waals surface area contributed by atoms with Gasteiger partial charge in [-0.2, -0.15) is 0 Å². The fourth-order valence-electron chi connectivity index (χ4n) is 2.67. The van der Waals surface area contributed by atoms with Crippen molar-refractivity contribution in [3.63, 3.8) is 0 Å². The van der Waals surface area contributed by atoms with E-state index in [4.69, 9.17) is 0 Å². The van der Waals surface area contributed by atoms with Crippen LogP contribution >= 0.6 is 0 Å². The summed E-state index contributed by atoms with van der Waals surface area (Å²) in [7, 11) is 0. The number of rotatable bonds is 7. The lowest BCUT2D eigenvalue weighted by molar-refractivity contribution is 0.0950. The second-order valence-electron chi connectivity index (χ2n) is 7.46. The summed E-state index contributed by atoms with van der Waals surface area (Å²) < 4.78 is 0. The largest absolute Gasteiger partial charge is 0.349 e. The van der Waals surface area contributed by atoms with Gasteiger partial charge in [0.05, 0.1) is 0 Å². The summed E-state index contributed by atoms with van der Waals surface area (Å²) in [6, 6.07) is 14.0. The molecular weight excluding hydrogens is 368 g/mol. The van der Waals surface area contributed by atoms with Crippen LogP contribution in [0.2, 0.25) is 0 Å². The van der Waals surface area contributed by atoms with Gasteiger partial charge in [0, 0.05) is 35.4 Å². The van der Waals surface area contributed by atoms with E-state index in [0.29, 0.717) is 29.4 Å². The van der Waals surface area contributed by atoms with Crippen LogP contribution in [0.3, 0.4) is 0 Å². The predicted octanol–water partition coefficient (Wildman–Crippen LogP) is 3.04. The van der Waals surface area contributed by atoms with E-state index in [2.05, 4.69) is 21.3 Å². The van der Waals surface area contributed by atoms with Crippen LogP contribution in [-0.2, 0) is 6.54 Å². The normalized spacial score (nSPS) is 12.9. The lowest BCUT2D eigenvalue weighted by Gasteiger charge is -2.10. The number of hydrogen-bond acceptors (Lipinski definition) is 3. The van der Waals surface area contributed by atoms with Gasteiger partial charge >= 0.3 is 6.03 Å². The van der Waals surface area contributed by atoms with Gasteiger partial charge in [-0.05, 0) is 68.7 Å². The highest BCUT2D eigenvalue weighted by Crippen LogP contribution is 2.20. The fraction of sp³-hybridized carbons (Fsp3) is 0.318. The molecule has 3 rings (SSSR count). The molecule has 0 spiro atoms. The summed E-state index contributed by atoms with van der Waals surface area (Å²) in [6.07, 6.45) is 2.08. The number of carbonyl (C=O) groups excluding carboxylic acids is 3. The fourth-order valence-corrected chi connectivity index (χ4v) is 2.67. The molecule has 1 aliphatic carbocycles. The van der Waals surface area contributed by atoms with Gasteiger partial charge in [0.1, 0.15) is 0 Å². The molecule has 2 aromatic rings. The molecule has 1 aliphatic rings. The van der Waals surface area contributed by atoms with Gasteiger partial charge in [-0.3, -0.25) is 9.59 Å². The SMILES string of the molecule is CC(C)NC(=O)NCc1ccc(C(=O)Nc2ccc(C(=O)NC3CC3)cc2)cc1. The Balaban J connectivity index is 1.51. The van der Waals surface area contributed by atoms with Gasteiger partial charge < -0.3 is 21.3 Å². The van der Waals surface area contributed by atoms with Crippen molar-refractivity contribution in [2.45, 2.75) is 45.3 Å². The van der Waals surface area contributed by atoms with E-state index >= 15 is 0 Å². The average Bonchev–Trinajstić information content (AvgIpc) is 3.50. The van der Waals surface area contributed by atoms with Crippen LogP contribution in [0.15, 0.2) is 48.5 Å². The Bertz CT molecular complexity index is 872. The molecular formula is C22H26N4O3. The zero-order valence-electron chi connectivity index (χ0n) is 16.6. The highest BCUT2D eigenvalue weighted by Gasteiger charge is 2.23. The first-order valence-corrected chi connectivity index (χ1v) is 9.76. The van der Waals surface area contributed by atoms with Crippen LogP contribution in [0.5, 0.6) is 0 Å². The second kappa shape index (κ2) is 9.23. The number of nitrogens with one attached hydrogen (secondary N) is 4. The number of urea groups is 1. The topological polar surface area (TPSA) is 99.3 Å². The standard InChI is InChI=1S/C22H26N4O3/c1-14(2)24-22(29)23-13-15-3-5-16(6-4-15)20(27)25-18-9-7-17(8-10-18)21(28)26-19-11-12-19/h3-10,14,19H,11-13H2,1-2H3,(H,25,27)(H,26,28)(H2,23,24,29). The first kappa shape index (κ1) is 20.4. The minimum Gasteiger partial charge on any atom is -0.349 e. The Labute approximate surface area is 170 Å². The van der Waals surface area contributed by atoms with E-state index in [1.165, 1.54) is 0 Å². The van der Waals surface area contributed by atoms with Crippen LogP contribution in [0, 0.1) is 0 Å². The molecule has 0 heterocycles. The Kier molecular flexibility index (Phi) is 6.49. The van der Waals surface area contributed by atoms with E-state index in [-0.39, 0.29) is 23.9 Å². The third kappa shape index (κ3) is 6.34. The monoisotopic (exact) mass is 394 g/mol. The maximum atomic E-state index is 12.4. The number of anilines is 1. The average molecular weight is 394 g/mol. The molecule has 7 heteroatoms. The van der Waals surface area contributed by atoms with E-state index in [1.807, 2.05) is 13.8 Å². The van der Waals surface area contributed by atoms with Gasteiger partial charge in [0.25, 0.3) is 11.8 Å². The van der Waals surface area contributed by atoms with Gasteiger partial charge in [-0.1, -0.05) is 12.1 Å². The van der Waals surface area contributed by atoms with Crippen LogP contribution < -0.4 is 21.3 Å². The first-order valence-electron chi connectivity index (χ1n) is 9.76. The van der Waals surface area contributed by atoms with E-state index in [9.17, 15) is 14.4 Å².